The van der Waals surface area contributed by atoms with Crippen molar-refractivity contribution in [3.63, 3.8) is 0 Å². The van der Waals surface area contributed by atoms with Crippen molar-refractivity contribution in [2.75, 3.05) is 18.0 Å². The van der Waals surface area contributed by atoms with E-state index in [1.54, 1.807) is 6.20 Å². The Bertz CT molecular complexity index is 809. The van der Waals surface area contributed by atoms with Gasteiger partial charge < -0.3 is 15.2 Å². The van der Waals surface area contributed by atoms with E-state index >= 15 is 0 Å². The topological polar surface area (TPSA) is 81.1 Å². The quantitative estimate of drug-likeness (QED) is 0.799. The molecule has 24 heavy (non-hydrogen) atoms. The summed E-state index contributed by atoms with van der Waals surface area (Å²) in [6.45, 7) is 1.85. The number of aromatic nitrogens is 3. The fourth-order valence-corrected chi connectivity index (χ4v) is 2.90. The Morgan fingerprint density at radius 3 is 2.62 bits per heavy atom. The van der Waals surface area contributed by atoms with Gasteiger partial charge in [-0.05, 0) is 25.0 Å². The van der Waals surface area contributed by atoms with Crippen LogP contribution in [0, 0.1) is 0 Å². The highest BCUT2D eigenvalue weighted by atomic mass is 16.5. The number of pyridine rings is 1. The minimum Gasteiger partial charge on any atom is -0.356 e. The molecule has 2 N–H and O–H groups in total. The summed E-state index contributed by atoms with van der Waals surface area (Å²) in [5.74, 6) is 2.03. The van der Waals surface area contributed by atoms with Crippen molar-refractivity contribution < 1.29 is 4.52 Å². The number of rotatable bonds is 3. The van der Waals surface area contributed by atoms with Crippen LogP contribution in [0.5, 0.6) is 0 Å². The van der Waals surface area contributed by atoms with Crippen LogP contribution < -0.4 is 10.6 Å². The number of piperidine rings is 1. The van der Waals surface area contributed by atoms with Crippen molar-refractivity contribution in [3.05, 3.63) is 48.7 Å². The van der Waals surface area contributed by atoms with E-state index in [-0.39, 0.29) is 0 Å². The monoisotopic (exact) mass is 321 g/mol. The first-order valence-electron chi connectivity index (χ1n) is 8.16. The van der Waals surface area contributed by atoms with Gasteiger partial charge in [0.25, 0.3) is 5.89 Å². The standard InChI is InChI=1S/C18H19N5O/c19-15-7-10-23(11-8-15)16-12-14(6-9-20-16)18-21-17(22-24-18)13-4-2-1-3-5-13/h1-6,9,12,15H,7-8,10-11,19H2. The van der Waals surface area contributed by atoms with E-state index in [0.717, 1.165) is 42.9 Å². The largest absolute Gasteiger partial charge is 0.356 e. The fourth-order valence-electron chi connectivity index (χ4n) is 2.90. The maximum absolute atomic E-state index is 5.97. The van der Waals surface area contributed by atoms with Crippen molar-refractivity contribution in [3.8, 4) is 22.8 Å². The lowest BCUT2D eigenvalue weighted by atomic mass is 10.1. The number of hydrogen-bond donors (Lipinski definition) is 1. The zero-order chi connectivity index (χ0) is 16.4. The van der Waals surface area contributed by atoms with Crippen LogP contribution in [0.2, 0.25) is 0 Å². The molecule has 1 aromatic carbocycles. The van der Waals surface area contributed by atoms with Gasteiger partial charge in [-0.1, -0.05) is 35.5 Å². The van der Waals surface area contributed by atoms with Crippen LogP contribution >= 0.6 is 0 Å². The lowest BCUT2D eigenvalue weighted by Crippen LogP contribution is -2.40. The summed E-state index contributed by atoms with van der Waals surface area (Å²) in [6, 6.07) is 14.0. The van der Waals surface area contributed by atoms with Crippen LogP contribution in [0.4, 0.5) is 5.82 Å². The summed E-state index contributed by atoms with van der Waals surface area (Å²) in [5, 5.41) is 4.08. The molecule has 2 aromatic heterocycles. The Labute approximate surface area is 140 Å². The summed E-state index contributed by atoms with van der Waals surface area (Å²) in [5.41, 5.74) is 7.79. The van der Waals surface area contributed by atoms with Gasteiger partial charge in [-0.2, -0.15) is 4.98 Å². The molecule has 1 aliphatic heterocycles. The minimum absolute atomic E-state index is 0.300. The number of nitrogens with two attached hydrogens (primary N) is 1. The lowest BCUT2D eigenvalue weighted by Gasteiger charge is -2.31. The molecule has 0 saturated carbocycles. The van der Waals surface area contributed by atoms with E-state index in [2.05, 4.69) is 20.0 Å². The Hall–Kier alpha value is -2.73. The molecule has 1 saturated heterocycles. The Balaban J connectivity index is 1.59. The number of anilines is 1. The predicted molar refractivity (Wildman–Crippen MR) is 92.4 cm³/mol. The highest BCUT2D eigenvalue weighted by molar-refractivity contribution is 5.62. The molecule has 4 rings (SSSR count). The smallest absolute Gasteiger partial charge is 0.258 e. The third-order valence-corrected chi connectivity index (χ3v) is 4.31. The van der Waals surface area contributed by atoms with Gasteiger partial charge >= 0.3 is 0 Å². The minimum atomic E-state index is 0.300. The van der Waals surface area contributed by atoms with Crippen LogP contribution in [0.15, 0.2) is 53.2 Å². The van der Waals surface area contributed by atoms with Crippen molar-refractivity contribution in [2.45, 2.75) is 18.9 Å². The summed E-state index contributed by atoms with van der Waals surface area (Å²) < 4.78 is 5.44. The van der Waals surface area contributed by atoms with Gasteiger partial charge in [-0.3, -0.25) is 0 Å². The van der Waals surface area contributed by atoms with Crippen molar-refractivity contribution >= 4 is 5.82 Å². The average Bonchev–Trinajstić information content (AvgIpc) is 3.13. The maximum atomic E-state index is 5.97. The molecule has 0 amide bonds. The molecule has 0 radical (unpaired) electrons. The number of benzene rings is 1. The van der Waals surface area contributed by atoms with E-state index in [9.17, 15) is 0 Å². The van der Waals surface area contributed by atoms with Crippen LogP contribution in [-0.4, -0.2) is 34.3 Å². The third-order valence-electron chi connectivity index (χ3n) is 4.31. The predicted octanol–water partition coefficient (Wildman–Crippen LogP) is 2.73. The van der Waals surface area contributed by atoms with E-state index in [4.69, 9.17) is 10.3 Å². The number of nitrogens with zero attached hydrogens (tertiary/aromatic N) is 4. The molecule has 3 aromatic rings. The highest BCUT2D eigenvalue weighted by Gasteiger charge is 2.18. The van der Waals surface area contributed by atoms with E-state index in [1.807, 2.05) is 42.5 Å². The third kappa shape index (κ3) is 3.00. The highest BCUT2D eigenvalue weighted by Crippen LogP contribution is 2.25. The molecule has 1 aliphatic rings. The molecule has 3 heterocycles. The molecule has 1 fully saturated rings. The van der Waals surface area contributed by atoms with Gasteiger partial charge in [-0.25, -0.2) is 4.98 Å². The van der Waals surface area contributed by atoms with Gasteiger partial charge in [0.1, 0.15) is 5.82 Å². The second-order valence-electron chi connectivity index (χ2n) is 6.02. The normalized spacial score (nSPS) is 15.6. The molecule has 6 heteroatoms. The van der Waals surface area contributed by atoms with Crippen LogP contribution in [-0.2, 0) is 0 Å². The SMILES string of the molecule is NC1CCN(c2cc(-c3nc(-c4ccccc4)no3)ccn2)CC1. The zero-order valence-electron chi connectivity index (χ0n) is 13.3. The van der Waals surface area contributed by atoms with Crippen LogP contribution in [0.1, 0.15) is 12.8 Å². The molecular weight excluding hydrogens is 302 g/mol. The van der Waals surface area contributed by atoms with Crippen molar-refractivity contribution in [1.82, 2.24) is 15.1 Å². The van der Waals surface area contributed by atoms with Gasteiger partial charge in [-0.15, -0.1) is 0 Å². The summed E-state index contributed by atoms with van der Waals surface area (Å²) >= 11 is 0. The Morgan fingerprint density at radius 2 is 1.83 bits per heavy atom. The van der Waals surface area contributed by atoms with Crippen molar-refractivity contribution in [2.24, 2.45) is 5.73 Å². The van der Waals surface area contributed by atoms with Crippen LogP contribution in [0.3, 0.4) is 0 Å². The van der Waals surface area contributed by atoms with Crippen LogP contribution in [0.25, 0.3) is 22.8 Å². The first-order chi connectivity index (χ1) is 11.8. The maximum Gasteiger partial charge on any atom is 0.258 e. The van der Waals surface area contributed by atoms with E-state index in [1.165, 1.54) is 0 Å². The number of hydrogen-bond acceptors (Lipinski definition) is 6. The zero-order valence-corrected chi connectivity index (χ0v) is 13.3. The van der Waals surface area contributed by atoms with E-state index in [0.29, 0.717) is 17.8 Å². The Kier molecular flexibility index (Phi) is 3.96. The molecule has 0 bridgehead atoms. The van der Waals surface area contributed by atoms with Gasteiger partial charge in [0.05, 0.1) is 0 Å². The Morgan fingerprint density at radius 1 is 1.04 bits per heavy atom. The average molecular weight is 321 g/mol. The summed E-state index contributed by atoms with van der Waals surface area (Å²) in [4.78, 5) is 11.2. The van der Waals surface area contributed by atoms with Gasteiger partial charge in [0.2, 0.25) is 5.82 Å². The van der Waals surface area contributed by atoms with Gasteiger partial charge in [0.15, 0.2) is 0 Å². The second-order valence-corrected chi connectivity index (χ2v) is 6.02. The lowest BCUT2D eigenvalue weighted by molar-refractivity contribution is 0.432. The molecule has 0 aliphatic carbocycles. The second kappa shape index (κ2) is 6.41. The molecule has 122 valence electrons. The molecule has 0 spiro atoms. The fraction of sp³-hybridized carbons (Fsp3) is 0.278. The molecule has 0 atom stereocenters. The summed E-state index contributed by atoms with van der Waals surface area (Å²) in [7, 11) is 0. The first kappa shape index (κ1) is 14.8. The summed E-state index contributed by atoms with van der Waals surface area (Å²) in [6.07, 6.45) is 3.76. The molecule has 6 nitrogen and oxygen atoms in total. The molecular formula is C18H19N5O. The first-order valence-corrected chi connectivity index (χ1v) is 8.16. The molecule has 0 unspecified atom stereocenters. The van der Waals surface area contributed by atoms with E-state index < -0.39 is 0 Å². The van der Waals surface area contributed by atoms with Gasteiger partial charge in [0, 0.05) is 36.5 Å². The van der Waals surface area contributed by atoms with Crippen molar-refractivity contribution in [1.29, 1.82) is 0 Å².